The van der Waals surface area contributed by atoms with Gasteiger partial charge in [-0.25, -0.2) is 4.39 Å². The molecule has 1 aromatic carbocycles. The van der Waals surface area contributed by atoms with Crippen LogP contribution < -0.4 is 9.80 Å². The Hall–Kier alpha value is -3.14. The van der Waals surface area contributed by atoms with Crippen molar-refractivity contribution in [3.05, 3.63) is 52.2 Å². The molecule has 9 nitrogen and oxygen atoms in total. The van der Waals surface area contributed by atoms with Crippen LogP contribution in [-0.2, 0) is 0 Å². The van der Waals surface area contributed by atoms with Gasteiger partial charge in [-0.3, -0.25) is 14.9 Å². The van der Waals surface area contributed by atoms with Crippen molar-refractivity contribution in [3.63, 3.8) is 0 Å². The summed E-state index contributed by atoms with van der Waals surface area (Å²) < 4.78 is 20.1. The maximum Gasteiger partial charge on any atom is 0.295 e. The highest BCUT2D eigenvalue weighted by atomic mass is 19.1. The second-order valence-corrected chi connectivity index (χ2v) is 8.24. The normalized spacial score (nSPS) is 20.0. The third-order valence-electron chi connectivity index (χ3n) is 6.36. The van der Waals surface area contributed by atoms with Crippen LogP contribution in [0, 0.1) is 15.9 Å². The molecule has 2 fully saturated rings. The van der Waals surface area contributed by atoms with E-state index in [1.165, 1.54) is 6.26 Å². The lowest BCUT2D eigenvalue weighted by Gasteiger charge is -2.41. The van der Waals surface area contributed by atoms with E-state index in [4.69, 9.17) is 4.42 Å². The summed E-state index contributed by atoms with van der Waals surface area (Å²) in [4.78, 5) is 31.7. The van der Waals surface area contributed by atoms with E-state index in [-0.39, 0.29) is 23.4 Å². The summed E-state index contributed by atoms with van der Waals surface area (Å²) in [5.41, 5.74) is 0.529. The molecule has 2 saturated heterocycles. The Morgan fingerprint density at radius 1 is 1.16 bits per heavy atom. The number of furan rings is 1. The monoisotopic (exact) mass is 445 g/mol. The molecular formula is C22H28FN5O4. The van der Waals surface area contributed by atoms with E-state index in [1.54, 1.807) is 23.1 Å². The number of nitro benzene ring substituents is 1. The molecule has 0 unspecified atom stereocenters. The molecule has 0 bridgehead atoms. The lowest BCUT2D eigenvalue weighted by molar-refractivity contribution is -0.384. The van der Waals surface area contributed by atoms with Crippen LogP contribution in [0.5, 0.6) is 0 Å². The number of hydrogen-bond donors (Lipinski definition) is 0. The first kappa shape index (κ1) is 22.1. The summed E-state index contributed by atoms with van der Waals surface area (Å²) >= 11 is 0. The highest BCUT2D eigenvalue weighted by Gasteiger charge is 2.33. The fourth-order valence-electron chi connectivity index (χ4n) is 4.51. The molecule has 0 radical (unpaired) electrons. The van der Waals surface area contributed by atoms with Crippen LogP contribution in [0.3, 0.4) is 0 Å². The van der Waals surface area contributed by atoms with Crippen LogP contribution in [0.1, 0.15) is 24.4 Å². The SMILES string of the molecule is CCN1CCN(c2cc(N3CCN(C(=O)c4ccco4)[C@H](C)C3)c([N+](=O)[O-])cc2F)CC1. The van der Waals surface area contributed by atoms with Gasteiger partial charge < -0.3 is 24.0 Å². The Labute approximate surface area is 186 Å². The topological polar surface area (TPSA) is 86.3 Å². The number of anilines is 2. The molecule has 2 aliphatic rings. The number of benzene rings is 1. The second kappa shape index (κ2) is 9.15. The number of rotatable bonds is 5. The number of nitrogens with zero attached hydrogens (tertiary/aromatic N) is 5. The van der Waals surface area contributed by atoms with Gasteiger partial charge in [0, 0.05) is 51.9 Å². The molecule has 172 valence electrons. The van der Waals surface area contributed by atoms with Crippen LogP contribution in [-0.4, -0.2) is 79.0 Å². The minimum Gasteiger partial charge on any atom is -0.459 e. The number of piperazine rings is 2. The van der Waals surface area contributed by atoms with Gasteiger partial charge in [-0.05, 0) is 31.7 Å². The van der Waals surface area contributed by atoms with Crippen molar-refractivity contribution in [2.75, 3.05) is 62.2 Å². The van der Waals surface area contributed by atoms with Crippen molar-refractivity contribution in [2.24, 2.45) is 0 Å². The van der Waals surface area contributed by atoms with Gasteiger partial charge in [-0.1, -0.05) is 6.92 Å². The summed E-state index contributed by atoms with van der Waals surface area (Å²) in [6, 6.07) is 5.73. The van der Waals surface area contributed by atoms with E-state index in [1.807, 2.05) is 16.7 Å². The molecule has 2 aliphatic heterocycles. The predicted molar refractivity (Wildman–Crippen MR) is 119 cm³/mol. The molecule has 1 aromatic heterocycles. The zero-order chi connectivity index (χ0) is 22.8. The Bertz CT molecular complexity index is 975. The molecule has 0 spiro atoms. The summed E-state index contributed by atoms with van der Waals surface area (Å²) in [5, 5.41) is 11.7. The molecule has 0 N–H and O–H groups in total. The maximum atomic E-state index is 14.9. The smallest absolute Gasteiger partial charge is 0.295 e. The van der Waals surface area contributed by atoms with E-state index in [0.717, 1.165) is 25.7 Å². The van der Waals surface area contributed by atoms with Crippen molar-refractivity contribution in [1.82, 2.24) is 9.80 Å². The zero-order valence-electron chi connectivity index (χ0n) is 18.4. The number of halogens is 1. The highest BCUT2D eigenvalue weighted by Crippen LogP contribution is 2.36. The van der Waals surface area contributed by atoms with Crippen molar-refractivity contribution >= 4 is 23.0 Å². The Morgan fingerprint density at radius 2 is 1.88 bits per heavy atom. The van der Waals surface area contributed by atoms with E-state index in [0.29, 0.717) is 44.1 Å². The van der Waals surface area contributed by atoms with E-state index in [2.05, 4.69) is 11.8 Å². The lowest BCUT2D eigenvalue weighted by Crippen LogP contribution is -2.54. The standard InChI is InChI=1S/C22H28FN5O4/c1-3-24-6-8-25(9-7-24)18-14-19(20(28(30)31)13-17(18)23)26-10-11-27(16(2)15-26)22(29)21-5-4-12-32-21/h4-5,12-14,16H,3,6-11,15H2,1-2H3/t16-/m1/s1. The second-order valence-electron chi connectivity index (χ2n) is 8.24. The Morgan fingerprint density at radius 3 is 2.47 bits per heavy atom. The molecule has 4 rings (SSSR count). The third-order valence-corrected chi connectivity index (χ3v) is 6.36. The summed E-state index contributed by atoms with van der Waals surface area (Å²) in [5.74, 6) is -0.512. The third kappa shape index (κ3) is 4.27. The van der Waals surface area contributed by atoms with Gasteiger partial charge in [0.1, 0.15) is 5.69 Å². The molecule has 0 aliphatic carbocycles. The number of nitro groups is 1. The van der Waals surface area contributed by atoms with Crippen molar-refractivity contribution in [3.8, 4) is 0 Å². The van der Waals surface area contributed by atoms with Gasteiger partial charge in [0.15, 0.2) is 11.6 Å². The zero-order valence-corrected chi connectivity index (χ0v) is 18.4. The number of carbonyl (C=O) groups is 1. The first-order valence-electron chi connectivity index (χ1n) is 10.9. The first-order chi connectivity index (χ1) is 15.4. The van der Waals surface area contributed by atoms with Gasteiger partial charge in [0.25, 0.3) is 11.6 Å². The molecule has 1 amide bonds. The van der Waals surface area contributed by atoms with Gasteiger partial charge in [-0.2, -0.15) is 0 Å². The fraction of sp³-hybridized carbons (Fsp3) is 0.500. The number of hydrogen-bond acceptors (Lipinski definition) is 7. The predicted octanol–water partition coefficient (Wildman–Crippen LogP) is 2.82. The Balaban J connectivity index is 1.57. The number of carbonyl (C=O) groups excluding carboxylic acids is 1. The van der Waals surface area contributed by atoms with Gasteiger partial charge in [0.2, 0.25) is 0 Å². The molecule has 2 aromatic rings. The molecule has 0 saturated carbocycles. The highest BCUT2D eigenvalue weighted by molar-refractivity contribution is 5.92. The number of likely N-dealkylation sites (N-methyl/N-ethyl adjacent to an activating group) is 1. The lowest BCUT2D eigenvalue weighted by atomic mass is 10.1. The minimum absolute atomic E-state index is 0.192. The van der Waals surface area contributed by atoms with Crippen LogP contribution in [0.2, 0.25) is 0 Å². The quantitative estimate of drug-likeness (QED) is 0.517. The first-order valence-corrected chi connectivity index (χ1v) is 10.9. The van der Waals surface area contributed by atoms with Crippen LogP contribution in [0.15, 0.2) is 34.9 Å². The molecule has 1 atom stereocenters. The molecule has 3 heterocycles. The average Bonchev–Trinajstić information content (AvgIpc) is 3.33. The largest absolute Gasteiger partial charge is 0.459 e. The molecule has 32 heavy (non-hydrogen) atoms. The van der Waals surface area contributed by atoms with Crippen molar-refractivity contribution < 1.29 is 18.5 Å². The summed E-state index contributed by atoms with van der Waals surface area (Å²) in [6.07, 6.45) is 1.46. The molecular weight excluding hydrogens is 417 g/mol. The van der Waals surface area contributed by atoms with Crippen LogP contribution in [0.25, 0.3) is 0 Å². The average molecular weight is 445 g/mol. The van der Waals surface area contributed by atoms with E-state index in [9.17, 15) is 19.3 Å². The number of amides is 1. The Kier molecular flexibility index (Phi) is 6.31. The molecule has 10 heteroatoms. The summed E-state index contributed by atoms with van der Waals surface area (Å²) in [7, 11) is 0. The van der Waals surface area contributed by atoms with Gasteiger partial charge in [-0.15, -0.1) is 0 Å². The summed E-state index contributed by atoms with van der Waals surface area (Å²) in [6.45, 7) is 9.13. The minimum atomic E-state index is -0.579. The van der Waals surface area contributed by atoms with Crippen molar-refractivity contribution in [2.45, 2.75) is 19.9 Å². The van der Waals surface area contributed by atoms with E-state index < -0.39 is 10.7 Å². The van der Waals surface area contributed by atoms with Crippen LogP contribution in [0.4, 0.5) is 21.5 Å². The van der Waals surface area contributed by atoms with Crippen LogP contribution >= 0.6 is 0 Å². The van der Waals surface area contributed by atoms with Gasteiger partial charge in [0.05, 0.1) is 22.9 Å². The maximum absolute atomic E-state index is 14.9. The van der Waals surface area contributed by atoms with Crippen molar-refractivity contribution in [1.29, 1.82) is 0 Å². The van der Waals surface area contributed by atoms with Gasteiger partial charge >= 0.3 is 0 Å². The van der Waals surface area contributed by atoms with E-state index >= 15 is 0 Å². The fourth-order valence-corrected chi connectivity index (χ4v) is 4.51.